The lowest BCUT2D eigenvalue weighted by atomic mass is 9.68. The largest absolute Gasteiger partial charge is 0.454 e. The lowest BCUT2D eigenvalue weighted by Crippen LogP contribution is -2.56. The van der Waals surface area contributed by atoms with E-state index in [1.54, 1.807) is 17.9 Å². The van der Waals surface area contributed by atoms with E-state index in [-0.39, 0.29) is 24.4 Å². The number of aryl methyl sites for hydroxylation is 1. The molecule has 2 fully saturated rings. The van der Waals surface area contributed by atoms with E-state index in [0.717, 1.165) is 43.4 Å². The zero-order valence-corrected chi connectivity index (χ0v) is 17.8. The molecule has 2 amide bonds. The van der Waals surface area contributed by atoms with Crippen LogP contribution in [0.25, 0.3) is 0 Å². The normalized spacial score (nSPS) is 20.0. The highest BCUT2D eigenvalue weighted by atomic mass is 16.7. The maximum absolute atomic E-state index is 13.8. The van der Waals surface area contributed by atoms with Gasteiger partial charge in [-0.3, -0.25) is 9.59 Å². The Balaban J connectivity index is 1.33. The van der Waals surface area contributed by atoms with Gasteiger partial charge in [0, 0.05) is 32.2 Å². The summed E-state index contributed by atoms with van der Waals surface area (Å²) in [5.74, 6) is 1.69. The summed E-state index contributed by atoms with van der Waals surface area (Å²) in [4.78, 5) is 30.2. The maximum Gasteiger partial charge on any atom is 0.292 e. The highest BCUT2D eigenvalue weighted by Crippen LogP contribution is 2.44. The van der Waals surface area contributed by atoms with Crippen LogP contribution in [0.4, 0.5) is 0 Å². The van der Waals surface area contributed by atoms with E-state index >= 15 is 0 Å². The number of aromatic nitrogens is 1. The van der Waals surface area contributed by atoms with Crippen LogP contribution in [-0.4, -0.2) is 59.7 Å². The maximum atomic E-state index is 13.8. The fourth-order valence-electron chi connectivity index (χ4n) is 5.01. The Bertz CT molecular complexity index is 987. The molecule has 8 nitrogen and oxygen atoms in total. The smallest absolute Gasteiger partial charge is 0.292 e. The molecule has 1 saturated carbocycles. The number of hydrogen-bond acceptors (Lipinski definition) is 6. The van der Waals surface area contributed by atoms with E-state index in [2.05, 4.69) is 5.16 Å². The molecule has 2 aliphatic heterocycles. The summed E-state index contributed by atoms with van der Waals surface area (Å²) in [5, 5.41) is 3.80. The second-order valence-electron chi connectivity index (χ2n) is 8.63. The average Bonchev–Trinajstić information content (AvgIpc) is 3.47. The summed E-state index contributed by atoms with van der Waals surface area (Å²) in [6.07, 6.45) is 4.88. The van der Waals surface area contributed by atoms with Gasteiger partial charge in [0.2, 0.25) is 18.5 Å². The van der Waals surface area contributed by atoms with Crippen LogP contribution in [0.3, 0.4) is 0 Å². The number of rotatable bonds is 3. The molecule has 8 heteroatoms. The first-order valence-corrected chi connectivity index (χ1v) is 11.0. The first-order chi connectivity index (χ1) is 15.1. The van der Waals surface area contributed by atoms with Gasteiger partial charge >= 0.3 is 0 Å². The SMILES string of the molecule is Cc1cc(C(=O)N2CCN(C(=O)C3(c4ccc5c(c4)OCO5)CCCCC3)CC2)on1. The second kappa shape index (κ2) is 7.90. The minimum Gasteiger partial charge on any atom is -0.454 e. The third-order valence-electron chi connectivity index (χ3n) is 6.73. The van der Waals surface area contributed by atoms with Crippen molar-refractivity contribution < 1.29 is 23.6 Å². The zero-order valence-electron chi connectivity index (χ0n) is 17.8. The molecule has 3 heterocycles. The second-order valence-corrected chi connectivity index (χ2v) is 8.63. The Kier molecular flexibility index (Phi) is 5.08. The Morgan fingerprint density at radius 1 is 0.935 bits per heavy atom. The third-order valence-corrected chi connectivity index (χ3v) is 6.73. The highest BCUT2D eigenvalue weighted by Gasteiger charge is 2.45. The lowest BCUT2D eigenvalue weighted by Gasteiger charge is -2.43. The number of nitrogens with zero attached hydrogens (tertiary/aromatic N) is 3. The minimum absolute atomic E-state index is 0.161. The van der Waals surface area contributed by atoms with Crippen LogP contribution in [0.2, 0.25) is 0 Å². The van der Waals surface area contributed by atoms with E-state index in [1.807, 2.05) is 23.1 Å². The number of benzene rings is 1. The molecule has 0 unspecified atom stereocenters. The lowest BCUT2D eigenvalue weighted by molar-refractivity contribution is -0.140. The van der Waals surface area contributed by atoms with Gasteiger partial charge in [-0.05, 0) is 37.5 Å². The predicted octanol–water partition coefficient (Wildman–Crippen LogP) is 2.90. The molecule has 164 valence electrons. The van der Waals surface area contributed by atoms with E-state index in [0.29, 0.717) is 37.6 Å². The molecule has 1 aromatic heterocycles. The zero-order chi connectivity index (χ0) is 21.4. The molecular weight excluding hydrogens is 398 g/mol. The molecule has 0 spiro atoms. The number of fused-ring (bicyclic) bond motifs is 1. The first-order valence-electron chi connectivity index (χ1n) is 11.0. The van der Waals surface area contributed by atoms with Gasteiger partial charge in [0.05, 0.1) is 11.1 Å². The van der Waals surface area contributed by atoms with Crippen molar-refractivity contribution in [1.29, 1.82) is 0 Å². The summed E-state index contributed by atoms with van der Waals surface area (Å²) in [6, 6.07) is 7.56. The van der Waals surface area contributed by atoms with Gasteiger partial charge in [-0.1, -0.05) is 30.5 Å². The van der Waals surface area contributed by atoms with Crippen molar-refractivity contribution in [3.63, 3.8) is 0 Å². The summed E-state index contributed by atoms with van der Waals surface area (Å²) >= 11 is 0. The number of hydrogen-bond donors (Lipinski definition) is 0. The molecule has 5 rings (SSSR count). The van der Waals surface area contributed by atoms with Crippen molar-refractivity contribution in [2.45, 2.75) is 44.4 Å². The van der Waals surface area contributed by atoms with Crippen molar-refractivity contribution in [1.82, 2.24) is 15.0 Å². The van der Waals surface area contributed by atoms with Crippen molar-refractivity contribution in [2.24, 2.45) is 0 Å². The molecule has 1 saturated heterocycles. The van der Waals surface area contributed by atoms with Gasteiger partial charge in [0.15, 0.2) is 11.5 Å². The van der Waals surface area contributed by atoms with Gasteiger partial charge in [0.25, 0.3) is 5.91 Å². The monoisotopic (exact) mass is 425 g/mol. The predicted molar refractivity (Wildman–Crippen MR) is 111 cm³/mol. The Labute approximate surface area is 181 Å². The fourth-order valence-corrected chi connectivity index (χ4v) is 5.01. The van der Waals surface area contributed by atoms with Gasteiger partial charge in [-0.25, -0.2) is 0 Å². The molecule has 0 atom stereocenters. The van der Waals surface area contributed by atoms with E-state index in [4.69, 9.17) is 14.0 Å². The Hall–Kier alpha value is -3.03. The molecule has 3 aliphatic rings. The number of piperazine rings is 1. The van der Waals surface area contributed by atoms with E-state index in [1.165, 1.54) is 0 Å². The van der Waals surface area contributed by atoms with Crippen LogP contribution < -0.4 is 9.47 Å². The molecule has 0 radical (unpaired) electrons. The summed E-state index contributed by atoms with van der Waals surface area (Å²) in [7, 11) is 0. The van der Waals surface area contributed by atoms with Gasteiger partial charge in [-0.2, -0.15) is 0 Å². The molecule has 1 aliphatic carbocycles. The van der Waals surface area contributed by atoms with Gasteiger partial charge in [0.1, 0.15) is 0 Å². The number of carbonyl (C=O) groups is 2. The summed E-state index contributed by atoms with van der Waals surface area (Å²) in [5.41, 5.74) is 1.16. The molecule has 0 N–H and O–H groups in total. The van der Waals surface area contributed by atoms with Crippen molar-refractivity contribution in [2.75, 3.05) is 33.0 Å². The quantitative estimate of drug-likeness (QED) is 0.752. The van der Waals surface area contributed by atoms with E-state index in [9.17, 15) is 9.59 Å². The van der Waals surface area contributed by atoms with Crippen molar-refractivity contribution in [3.8, 4) is 11.5 Å². The average molecular weight is 425 g/mol. The Morgan fingerprint density at radius 3 is 2.35 bits per heavy atom. The molecule has 2 aromatic rings. The first kappa shape index (κ1) is 19.9. The molecule has 1 aromatic carbocycles. The van der Waals surface area contributed by atoms with Gasteiger partial charge < -0.3 is 23.8 Å². The van der Waals surface area contributed by atoms with Crippen LogP contribution in [-0.2, 0) is 10.2 Å². The Morgan fingerprint density at radius 2 is 1.65 bits per heavy atom. The molecule has 0 bridgehead atoms. The van der Waals surface area contributed by atoms with Gasteiger partial charge in [-0.15, -0.1) is 0 Å². The van der Waals surface area contributed by atoms with Crippen LogP contribution in [0.5, 0.6) is 11.5 Å². The molecular formula is C23H27N3O5. The number of carbonyl (C=O) groups excluding carboxylic acids is 2. The topological polar surface area (TPSA) is 85.1 Å². The number of ether oxygens (including phenoxy) is 2. The standard InChI is InChI=1S/C23H27N3O5/c1-16-13-20(31-24-16)21(27)25-9-11-26(12-10-25)22(28)23(7-3-2-4-8-23)17-5-6-18-19(14-17)30-15-29-18/h5-6,13-14H,2-4,7-12,15H2,1H3. The number of amides is 2. The van der Waals surface area contributed by atoms with Crippen molar-refractivity contribution in [3.05, 3.63) is 41.3 Å². The summed E-state index contributed by atoms with van der Waals surface area (Å²) < 4.78 is 16.1. The van der Waals surface area contributed by atoms with Crippen LogP contribution in [0.15, 0.2) is 28.8 Å². The molecule has 31 heavy (non-hydrogen) atoms. The van der Waals surface area contributed by atoms with E-state index < -0.39 is 5.41 Å². The minimum atomic E-state index is -0.534. The fraction of sp³-hybridized carbons (Fsp3) is 0.522. The van der Waals surface area contributed by atoms with Crippen molar-refractivity contribution >= 4 is 11.8 Å². The van der Waals surface area contributed by atoms with Crippen LogP contribution in [0.1, 0.15) is 53.9 Å². The third kappa shape index (κ3) is 3.54. The summed E-state index contributed by atoms with van der Waals surface area (Å²) in [6.45, 7) is 4.02. The van der Waals surface area contributed by atoms with Crippen LogP contribution >= 0.6 is 0 Å². The van der Waals surface area contributed by atoms with Crippen LogP contribution in [0, 0.1) is 6.92 Å². The highest BCUT2D eigenvalue weighted by molar-refractivity contribution is 5.92.